The summed E-state index contributed by atoms with van der Waals surface area (Å²) in [6.45, 7) is 3.53. The summed E-state index contributed by atoms with van der Waals surface area (Å²) in [4.78, 5) is 19.2. The van der Waals surface area contributed by atoms with Crippen molar-refractivity contribution in [3.63, 3.8) is 0 Å². The number of alkyl halides is 1. The van der Waals surface area contributed by atoms with Gasteiger partial charge in [0.2, 0.25) is 5.91 Å². The second kappa shape index (κ2) is 3.83. The van der Waals surface area contributed by atoms with Gasteiger partial charge < -0.3 is 5.32 Å². The Morgan fingerprint density at radius 3 is 2.69 bits per heavy atom. The zero-order chi connectivity index (χ0) is 9.90. The van der Waals surface area contributed by atoms with Crippen molar-refractivity contribution in [3.05, 3.63) is 18.6 Å². The molecule has 0 aliphatic carbocycles. The van der Waals surface area contributed by atoms with Gasteiger partial charge in [-0.3, -0.25) is 9.78 Å². The third-order valence-corrected chi connectivity index (χ3v) is 1.70. The molecule has 4 nitrogen and oxygen atoms in total. The summed E-state index contributed by atoms with van der Waals surface area (Å²) in [5, 5.41) is 2.62. The Hall–Kier alpha value is -0.970. The van der Waals surface area contributed by atoms with Crippen LogP contribution in [0, 0.1) is 0 Å². The number of aromatic nitrogens is 2. The number of nitrogens with zero attached hydrogens (tertiary/aromatic N) is 2. The molecule has 0 spiro atoms. The monoisotopic (exact) mass is 243 g/mol. The molecule has 1 amide bonds. The molecule has 0 atom stereocenters. The van der Waals surface area contributed by atoms with Crippen LogP contribution in [0.2, 0.25) is 0 Å². The fourth-order valence-electron chi connectivity index (χ4n) is 0.629. The van der Waals surface area contributed by atoms with Crippen molar-refractivity contribution in [2.24, 2.45) is 0 Å². The van der Waals surface area contributed by atoms with Crippen LogP contribution in [0.25, 0.3) is 0 Å². The van der Waals surface area contributed by atoms with Gasteiger partial charge in [0.15, 0.2) is 5.82 Å². The lowest BCUT2D eigenvalue weighted by Gasteiger charge is -2.14. The molecule has 0 radical (unpaired) electrons. The van der Waals surface area contributed by atoms with Crippen molar-refractivity contribution in [3.8, 4) is 0 Å². The molecule has 0 saturated heterocycles. The molecule has 1 N–H and O–H groups in total. The van der Waals surface area contributed by atoms with Crippen molar-refractivity contribution in [1.82, 2.24) is 9.97 Å². The van der Waals surface area contributed by atoms with E-state index in [0.717, 1.165) is 0 Å². The van der Waals surface area contributed by atoms with Gasteiger partial charge in [-0.15, -0.1) is 0 Å². The zero-order valence-electron chi connectivity index (χ0n) is 7.41. The van der Waals surface area contributed by atoms with Gasteiger partial charge in [-0.2, -0.15) is 0 Å². The Balaban J connectivity index is 2.66. The molecule has 70 valence electrons. The Kier molecular flexibility index (Phi) is 2.98. The molecule has 0 aromatic carbocycles. The first-order chi connectivity index (χ1) is 6.00. The SMILES string of the molecule is CC(C)(Br)C(=O)Nc1cnccn1. The molecular formula is C8H10BrN3O. The molecule has 0 aliphatic heterocycles. The van der Waals surface area contributed by atoms with Crippen molar-refractivity contribution < 1.29 is 4.79 Å². The minimum Gasteiger partial charge on any atom is -0.308 e. The molecule has 0 unspecified atom stereocenters. The van der Waals surface area contributed by atoms with E-state index in [1.807, 2.05) is 0 Å². The number of nitrogens with one attached hydrogen (secondary N) is 1. The first kappa shape index (κ1) is 10.1. The fraction of sp³-hybridized carbons (Fsp3) is 0.375. The summed E-state index contributed by atoms with van der Waals surface area (Å²) in [6, 6.07) is 0. The molecule has 0 bridgehead atoms. The highest BCUT2D eigenvalue weighted by atomic mass is 79.9. The van der Waals surface area contributed by atoms with Gasteiger partial charge >= 0.3 is 0 Å². The van der Waals surface area contributed by atoms with Crippen molar-refractivity contribution in [2.45, 2.75) is 18.2 Å². The topological polar surface area (TPSA) is 54.9 Å². The third-order valence-electron chi connectivity index (χ3n) is 1.34. The van der Waals surface area contributed by atoms with Crippen LogP contribution in [0.4, 0.5) is 5.82 Å². The molecule has 13 heavy (non-hydrogen) atoms. The van der Waals surface area contributed by atoms with Crippen LogP contribution >= 0.6 is 15.9 Å². The van der Waals surface area contributed by atoms with Gasteiger partial charge in [0, 0.05) is 12.4 Å². The summed E-state index contributed by atoms with van der Waals surface area (Å²) in [5.74, 6) is 0.313. The second-order valence-corrected chi connectivity index (χ2v) is 5.00. The predicted molar refractivity (Wildman–Crippen MR) is 53.7 cm³/mol. The van der Waals surface area contributed by atoms with Crippen LogP contribution in [0.5, 0.6) is 0 Å². The van der Waals surface area contributed by atoms with Crippen LogP contribution in [0.1, 0.15) is 13.8 Å². The number of hydrogen-bond acceptors (Lipinski definition) is 3. The predicted octanol–water partition coefficient (Wildman–Crippen LogP) is 1.59. The van der Waals surface area contributed by atoms with Gasteiger partial charge in [-0.05, 0) is 13.8 Å². The molecule has 1 aromatic rings. The first-order valence-electron chi connectivity index (χ1n) is 3.76. The van der Waals surface area contributed by atoms with Crippen LogP contribution in [0.15, 0.2) is 18.6 Å². The first-order valence-corrected chi connectivity index (χ1v) is 4.56. The van der Waals surface area contributed by atoms with E-state index < -0.39 is 4.32 Å². The van der Waals surface area contributed by atoms with Gasteiger partial charge in [0.05, 0.1) is 10.5 Å². The lowest BCUT2D eigenvalue weighted by Crippen LogP contribution is -2.31. The fourth-order valence-corrected chi connectivity index (χ4v) is 0.728. The number of carbonyl (C=O) groups excluding carboxylic acids is 1. The number of anilines is 1. The van der Waals surface area contributed by atoms with E-state index in [9.17, 15) is 4.79 Å². The quantitative estimate of drug-likeness (QED) is 0.803. The van der Waals surface area contributed by atoms with Crippen molar-refractivity contribution >= 4 is 27.7 Å². The summed E-state index contributed by atoms with van der Waals surface area (Å²) in [6.07, 6.45) is 4.57. The Morgan fingerprint density at radius 2 is 2.23 bits per heavy atom. The number of halogens is 1. The van der Waals surface area contributed by atoms with Crippen LogP contribution < -0.4 is 5.32 Å². The average Bonchev–Trinajstić information content (AvgIpc) is 2.04. The number of rotatable bonds is 2. The molecule has 1 rings (SSSR count). The molecule has 1 heterocycles. The number of carbonyl (C=O) groups is 1. The highest BCUT2D eigenvalue weighted by Gasteiger charge is 2.23. The van der Waals surface area contributed by atoms with E-state index in [2.05, 4.69) is 31.2 Å². The largest absolute Gasteiger partial charge is 0.308 e. The normalized spacial score (nSPS) is 11.0. The smallest absolute Gasteiger partial charge is 0.241 e. The zero-order valence-corrected chi connectivity index (χ0v) is 9.00. The Morgan fingerprint density at radius 1 is 1.54 bits per heavy atom. The van der Waals surface area contributed by atoms with Gasteiger partial charge in [-0.25, -0.2) is 4.98 Å². The molecule has 5 heteroatoms. The lowest BCUT2D eigenvalue weighted by atomic mass is 10.2. The van der Waals surface area contributed by atoms with E-state index in [0.29, 0.717) is 5.82 Å². The summed E-state index contributed by atoms with van der Waals surface area (Å²) in [5.41, 5.74) is 0. The van der Waals surface area contributed by atoms with Crippen LogP contribution in [-0.4, -0.2) is 20.2 Å². The van der Waals surface area contributed by atoms with Gasteiger partial charge in [0.25, 0.3) is 0 Å². The van der Waals surface area contributed by atoms with Crippen molar-refractivity contribution in [2.75, 3.05) is 5.32 Å². The minimum absolute atomic E-state index is 0.145. The number of amides is 1. The number of hydrogen-bond donors (Lipinski definition) is 1. The van der Waals surface area contributed by atoms with Crippen LogP contribution in [0.3, 0.4) is 0 Å². The molecular weight excluding hydrogens is 234 g/mol. The van der Waals surface area contributed by atoms with Gasteiger partial charge in [-0.1, -0.05) is 15.9 Å². The minimum atomic E-state index is -0.593. The highest BCUT2D eigenvalue weighted by Crippen LogP contribution is 2.17. The Bertz CT molecular complexity index is 294. The van der Waals surface area contributed by atoms with Gasteiger partial charge in [0.1, 0.15) is 0 Å². The summed E-state index contributed by atoms with van der Waals surface area (Å²) >= 11 is 3.24. The van der Waals surface area contributed by atoms with E-state index in [1.54, 1.807) is 20.0 Å². The standard InChI is InChI=1S/C8H10BrN3O/c1-8(2,9)7(13)12-6-5-10-3-4-11-6/h3-5H,1-2H3,(H,11,12,13). The lowest BCUT2D eigenvalue weighted by molar-refractivity contribution is -0.117. The molecule has 0 saturated carbocycles. The molecule has 1 aromatic heterocycles. The molecule has 0 fully saturated rings. The maximum Gasteiger partial charge on any atom is 0.241 e. The van der Waals surface area contributed by atoms with E-state index >= 15 is 0 Å². The third kappa shape index (κ3) is 3.10. The van der Waals surface area contributed by atoms with E-state index in [1.165, 1.54) is 12.4 Å². The van der Waals surface area contributed by atoms with E-state index in [4.69, 9.17) is 0 Å². The average molecular weight is 244 g/mol. The van der Waals surface area contributed by atoms with Crippen LogP contribution in [-0.2, 0) is 4.79 Å². The Labute approximate surface area is 84.9 Å². The van der Waals surface area contributed by atoms with Crippen molar-refractivity contribution in [1.29, 1.82) is 0 Å². The second-order valence-electron chi connectivity index (χ2n) is 3.02. The maximum atomic E-state index is 11.4. The highest BCUT2D eigenvalue weighted by molar-refractivity contribution is 9.10. The molecule has 0 aliphatic rings. The summed E-state index contributed by atoms with van der Waals surface area (Å²) < 4.78 is -0.593. The summed E-state index contributed by atoms with van der Waals surface area (Å²) in [7, 11) is 0. The maximum absolute atomic E-state index is 11.4. The van der Waals surface area contributed by atoms with E-state index in [-0.39, 0.29) is 5.91 Å².